The molecule has 0 N–H and O–H groups in total. The van der Waals surface area contributed by atoms with E-state index in [9.17, 15) is 0 Å². The highest BCUT2D eigenvalue weighted by molar-refractivity contribution is 7.09. The summed E-state index contributed by atoms with van der Waals surface area (Å²) in [5.41, 5.74) is 2.29. The molecule has 2 aromatic carbocycles. The number of ether oxygens (including phenoxy) is 2. The molecule has 0 saturated heterocycles. The summed E-state index contributed by atoms with van der Waals surface area (Å²) in [7, 11) is 1.67. The zero-order valence-corrected chi connectivity index (χ0v) is 16.8. The molecule has 0 saturated carbocycles. The Balaban J connectivity index is 1.36. The molecule has 4 aromatic rings. The lowest BCUT2D eigenvalue weighted by Crippen LogP contribution is -2.06. The minimum Gasteiger partial charge on any atom is -0.497 e. The third-order valence-electron chi connectivity index (χ3n) is 4.75. The van der Waals surface area contributed by atoms with Crippen LogP contribution in [0.25, 0.3) is 11.0 Å². The number of unbranched alkanes of at least 4 members (excludes halogenated alkanes) is 1. The van der Waals surface area contributed by atoms with E-state index in [2.05, 4.69) is 46.3 Å². The number of methoxy groups -OCH3 is 1. The summed E-state index contributed by atoms with van der Waals surface area (Å²) >= 11 is 1.79. The van der Waals surface area contributed by atoms with Crippen molar-refractivity contribution < 1.29 is 9.47 Å². The maximum absolute atomic E-state index is 5.85. The lowest BCUT2D eigenvalue weighted by Gasteiger charge is -2.10. The van der Waals surface area contributed by atoms with Gasteiger partial charge in [0.1, 0.15) is 17.3 Å². The number of hydrogen-bond donors (Lipinski definition) is 0. The van der Waals surface area contributed by atoms with Gasteiger partial charge in [0.2, 0.25) is 0 Å². The van der Waals surface area contributed by atoms with Crippen LogP contribution in [0.5, 0.6) is 11.5 Å². The zero-order valence-electron chi connectivity index (χ0n) is 16.0. The van der Waals surface area contributed by atoms with Gasteiger partial charge in [0.15, 0.2) is 0 Å². The van der Waals surface area contributed by atoms with E-state index in [0.29, 0.717) is 6.61 Å². The number of hydrogen-bond acceptors (Lipinski definition) is 4. The molecule has 0 aliphatic carbocycles. The lowest BCUT2D eigenvalue weighted by atomic mass is 10.2. The van der Waals surface area contributed by atoms with Gasteiger partial charge < -0.3 is 14.0 Å². The molecule has 5 heteroatoms. The second-order valence-corrected chi connectivity index (χ2v) is 7.69. The van der Waals surface area contributed by atoms with Crippen molar-refractivity contribution in [1.82, 2.24) is 9.55 Å². The molecule has 0 spiro atoms. The van der Waals surface area contributed by atoms with E-state index in [1.165, 1.54) is 10.4 Å². The first-order chi connectivity index (χ1) is 13.8. The van der Waals surface area contributed by atoms with Crippen LogP contribution in [-0.2, 0) is 13.0 Å². The Hall–Kier alpha value is -2.79. The van der Waals surface area contributed by atoms with E-state index in [-0.39, 0.29) is 0 Å². The summed E-state index contributed by atoms with van der Waals surface area (Å²) in [6.45, 7) is 1.66. The highest BCUT2D eigenvalue weighted by atomic mass is 32.1. The number of fused-ring (bicyclic) bond motifs is 1. The first-order valence-corrected chi connectivity index (χ1v) is 10.4. The van der Waals surface area contributed by atoms with Crippen LogP contribution < -0.4 is 9.47 Å². The van der Waals surface area contributed by atoms with E-state index >= 15 is 0 Å². The van der Waals surface area contributed by atoms with Gasteiger partial charge in [-0.05, 0) is 60.7 Å². The molecule has 28 heavy (non-hydrogen) atoms. The standard InChI is InChI=1S/C23H24N2O2S/c1-26-18-10-12-19(13-11-18)27-15-5-4-14-25-22-9-3-2-8-21(22)24-23(25)17-20-7-6-16-28-20/h2-3,6-13,16H,4-5,14-15,17H2,1H3. The van der Waals surface area contributed by atoms with Crippen LogP contribution in [0.3, 0.4) is 0 Å². The Morgan fingerprint density at radius 2 is 1.75 bits per heavy atom. The van der Waals surface area contributed by atoms with Gasteiger partial charge in [-0.2, -0.15) is 0 Å². The third kappa shape index (κ3) is 4.37. The molecule has 0 amide bonds. The second kappa shape index (κ2) is 8.93. The highest BCUT2D eigenvalue weighted by Crippen LogP contribution is 2.21. The zero-order chi connectivity index (χ0) is 19.2. The van der Waals surface area contributed by atoms with E-state index in [0.717, 1.165) is 48.6 Å². The molecule has 0 atom stereocenters. The Kier molecular flexibility index (Phi) is 5.92. The quantitative estimate of drug-likeness (QED) is 0.350. The Bertz CT molecular complexity index is 1010. The van der Waals surface area contributed by atoms with Gasteiger partial charge >= 0.3 is 0 Å². The van der Waals surface area contributed by atoms with Gasteiger partial charge in [-0.15, -0.1) is 11.3 Å². The molecule has 0 aliphatic rings. The predicted octanol–water partition coefficient (Wildman–Crippen LogP) is 5.56. The smallest absolute Gasteiger partial charge is 0.119 e. The molecular weight excluding hydrogens is 368 g/mol. The van der Waals surface area contributed by atoms with Gasteiger partial charge in [0.05, 0.1) is 24.8 Å². The van der Waals surface area contributed by atoms with Crippen LogP contribution in [0.1, 0.15) is 23.5 Å². The largest absolute Gasteiger partial charge is 0.497 e. The van der Waals surface area contributed by atoms with E-state index in [1.807, 2.05) is 24.3 Å². The monoisotopic (exact) mass is 392 g/mol. The average molecular weight is 393 g/mol. The maximum Gasteiger partial charge on any atom is 0.119 e. The Morgan fingerprint density at radius 3 is 2.54 bits per heavy atom. The fourth-order valence-corrected chi connectivity index (χ4v) is 4.01. The minimum atomic E-state index is 0.708. The molecule has 4 rings (SSSR count). The number of para-hydroxylation sites is 2. The number of rotatable bonds is 9. The van der Waals surface area contributed by atoms with Crippen LogP contribution in [-0.4, -0.2) is 23.3 Å². The van der Waals surface area contributed by atoms with Crippen LogP contribution in [0, 0.1) is 0 Å². The van der Waals surface area contributed by atoms with E-state index < -0.39 is 0 Å². The van der Waals surface area contributed by atoms with Gasteiger partial charge in [-0.3, -0.25) is 0 Å². The number of benzene rings is 2. The van der Waals surface area contributed by atoms with E-state index in [4.69, 9.17) is 14.5 Å². The maximum atomic E-state index is 5.85. The van der Waals surface area contributed by atoms with Crippen LogP contribution in [0.4, 0.5) is 0 Å². The second-order valence-electron chi connectivity index (χ2n) is 6.66. The fraction of sp³-hybridized carbons (Fsp3) is 0.261. The number of aryl methyl sites for hydroxylation is 1. The number of aromatic nitrogens is 2. The number of nitrogens with zero attached hydrogens (tertiary/aromatic N) is 2. The molecule has 0 aliphatic heterocycles. The van der Waals surface area contributed by atoms with E-state index in [1.54, 1.807) is 18.4 Å². The minimum absolute atomic E-state index is 0.708. The summed E-state index contributed by atoms with van der Waals surface area (Å²) in [5, 5.41) is 2.12. The molecule has 144 valence electrons. The number of thiophene rings is 1. The third-order valence-corrected chi connectivity index (χ3v) is 5.63. The van der Waals surface area contributed by atoms with Crippen molar-refractivity contribution in [3.63, 3.8) is 0 Å². The molecule has 0 bridgehead atoms. The summed E-state index contributed by atoms with van der Waals surface area (Å²) < 4.78 is 13.4. The van der Waals surface area contributed by atoms with Crippen LogP contribution >= 0.6 is 11.3 Å². The topological polar surface area (TPSA) is 36.3 Å². The molecule has 4 nitrogen and oxygen atoms in total. The van der Waals surface area contributed by atoms with Crippen molar-refractivity contribution in [3.05, 3.63) is 76.7 Å². The number of imidazole rings is 1. The summed E-state index contributed by atoms with van der Waals surface area (Å²) in [6, 6.07) is 20.4. The van der Waals surface area contributed by atoms with Crippen LogP contribution in [0.2, 0.25) is 0 Å². The summed E-state index contributed by atoms with van der Waals surface area (Å²) in [5.74, 6) is 2.87. The Labute approximate surface area is 169 Å². The van der Waals surface area contributed by atoms with Crippen molar-refractivity contribution in [2.24, 2.45) is 0 Å². The summed E-state index contributed by atoms with van der Waals surface area (Å²) in [6.07, 6.45) is 2.93. The van der Waals surface area contributed by atoms with Crippen molar-refractivity contribution >= 4 is 22.4 Å². The first kappa shape index (κ1) is 18.6. The van der Waals surface area contributed by atoms with Gasteiger partial charge in [-0.25, -0.2) is 4.98 Å². The lowest BCUT2D eigenvalue weighted by molar-refractivity contribution is 0.302. The van der Waals surface area contributed by atoms with Gasteiger partial charge in [0.25, 0.3) is 0 Å². The SMILES string of the molecule is COc1ccc(OCCCCn2c(Cc3cccs3)nc3ccccc32)cc1. The molecule has 0 fully saturated rings. The fourth-order valence-electron chi connectivity index (χ4n) is 3.31. The molecule has 0 unspecified atom stereocenters. The molecule has 2 heterocycles. The normalized spacial score (nSPS) is 11.0. The van der Waals surface area contributed by atoms with Crippen molar-refractivity contribution in [3.8, 4) is 11.5 Å². The van der Waals surface area contributed by atoms with Crippen LogP contribution in [0.15, 0.2) is 66.0 Å². The first-order valence-electron chi connectivity index (χ1n) is 9.57. The molecular formula is C23H24N2O2S. The van der Waals surface area contributed by atoms with Crippen molar-refractivity contribution in [1.29, 1.82) is 0 Å². The van der Waals surface area contributed by atoms with Crippen molar-refractivity contribution in [2.45, 2.75) is 25.8 Å². The average Bonchev–Trinajstić information content (AvgIpc) is 3.36. The van der Waals surface area contributed by atoms with Gasteiger partial charge in [0, 0.05) is 17.8 Å². The summed E-state index contributed by atoms with van der Waals surface area (Å²) in [4.78, 5) is 6.22. The Morgan fingerprint density at radius 1 is 0.929 bits per heavy atom. The molecule has 2 aromatic heterocycles. The molecule has 0 radical (unpaired) electrons. The van der Waals surface area contributed by atoms with Gasteiger partial charge in [-0.1, -0.05) is 18.2 Å². The highest BCUT2D eigenvalue weighted by Gasteiger charge is 2.11. The predicted molar refractivity (Wildman–Crippen MR) is 115 cm³/mol. The van der Waals surface area contributed by atoms with Crippen molar-refractivity contribution in [2.75, 3.05) is 13.7 Å².